The number of nitrogens with zero attached hydrogens (tertiary/aromatic N) is 2. The van der Waals surface area contributed by atoms with Crippen molar-refractivity contribution < 1.29 is 4.57 Å². The SMILES string of the molecule is C[n+]1ccc(CCN2C3C4CCC(C4)C32)cc1. The molecule has 4 rings (SSSR count). The zero-order chi connectivity index (χ0) is 11.4. The standard InChI is InChI=1S/C15H21N2/c1-16-7-4-11(5-8-16)6-9-17-14-12-2-3-13(10-12)15(14)17/h4-5,7-8,12-15H,2-3,6,9-10H2,1H3/q+1. The first kappa shape index (κ1) is 10.1. The third-order valence-electron chi connectivity index (χ3n) is 5.21. The van der Waals surface area contributed by atoms with Crippen LogP contribution in [0.3, 0.4) is 0 Å². The molecule has 1 aliphatic heterocycles. The van der Waals surface area contributed by atoms with Gasteiger partial charge in [0.05, 0.1) is 0 Å². The zero-order valence-corrected chi connectivity index (χ0v) is 10.5. The fourth-order valence-electron chi connectivity index (χ4n) is 4.35. The number of rotatable bonds is 3. The van der Waals surface area contributed by atoms with Gasteiger partial charge in [-0.25, -0.2) is 4.57 Å². The summed E-state index contributed by atoms with van der Waals surface area (Å²) in [6, 6.07) is 6.50. The first-order valence-corrected chi connectivity index (χ1v) is 7.03. The Morgan fingerprint density at radius 3 is 2.47 bits per heavy atom. The highest BCUT2D eigenvalue weighted by Gasteiger charge is 2.62. The van der Waals surface area contributed by atoms with E-state index < -0.39 is 0 Å². The Bertz CT molecular complexity index is 409. The van der Waals surface area contributed by atoms with E-state index in [9.17, 15) is 0 Å². The first-order chi connectivity index (χ1) is 8.33. The minimum Gasteiger partial charge on any atom is -0.293 e. The highest BCUT2D eigenvalue weighted by atomic mass is 15.4. The smallest absolute Gasteiger partial charge is 0.168 e. The first-order valence-electron chi connectivity index (χ1n) is 7.03. The fourth-order valence-corrected chi connectivity index (χ4v) is 4.35. The minimum atomic E-state index is 0.994. The Morgan fingerprint density at radius 2 is 1.82 bits per heavy atom. The van der Waals surface area contributed by atoms with E-state index in [4.69, 9.17) is 0 Å². The summed E-state index contributed by atoms with van der Waals surface area (Å²) in [5.74, 6) is 2.14. The van der Waals surface area contributed by atoms with Crippen LogP contribution in [0.2, 0.25) is 0 Å². The third kappa shape index (κ3) is 1.54. The number of hydrogen-bond acceptors (Lipinski definition) is 1. The van der Waals surface area contributed by atoms with Crippen LogP contribution in [0.15, 0.2) is 24.5 Å². The molecular weight excluding hydrogens is 208 g/mol. The number of likely N-dealkylation sites (tertiary alicyclic amines) is 1. The maximum atomic E-state index is 2.78. The van der Waals surface area contributed by atoms with Gasteiger partial charge in [0.15, 0.2) is 12.4 Å². The summed E-state index contributed by atoms with van der Waals surface area (Å²) in [4.78, 5) is 2.78. The highest BCUT2D eigenvalue weighted by Crippen LogP contribution is 2.58. The van der Waals surface area contributed by atoms with Crippen molar-refractivity contribution in [1.82, 2.24) is 4.90 Å². The lowest BCUT2D eigenvalue weighted by molar-refractivity contribution is -0.671. The lowest BCUT2D eigenvalue weighted by Crippen LogP contribution is -2.26. The maximum absolute atomic E-state index is 2.78. The van der Waals surface area contributed by atoms with Crippen molar-refractivity contribution in [2.24, 2.45) is 18.9 Å². The molecule has 4 unspecified atom stereocenters. The molecule has 0 amide bonds. The van der Waals surface area contributed by atoms with Crippen molar-refractivity contribution in [2.75, 3.05) is 6.54 Å². The Hall–Kier alpha value is -0.890. The Morgan fingerprint density at radius 1 is 1.18 bits per heavy atom. The summed E-state index contributed by atoms with van der Waals surface area (Å²) in [6.07, 6.45) is 10.1. The third-order valence-corrected chi connectivity index (χ3v) is 5.21. The van der Waals surface area contributed by atoms with Crippen LogP contribution in [-0.4, -0.2) is 23.5 Å². The molecule has 0 spiro atoms. The van der Waals surface area contributed by atoms with Crippen molar-refractivity contribution in [1.29, 1.82) is 0 Å². The molecule has 2 bridgehead atoms. The van der Waals surface area contributed by atoms with Gasteiger partial charge >= 0.3 is 0 Å². The van der Waals surface area contributed by atoms with E-state index in [1.807, 2.05) is 0 Å². The van der Waals surface area contributed by atoms with E-state index in [2.05, 4.69) is 41.0 Å². The second-order valence-corrected chi connectivity index (χ2v) is 6.17. The van der Waals surface area contributed by atoms with Crippen molar-refractivity contribution >= 4 is 0 Å². The van der Waals surface area contributed by atoms with Crippen molar-refractivity contribution in [3.63, 3.8) is 0 Å². The molecule has 3 aliphatic rings. The van der Waals surface area contributed by atoms with Gasteiger partial charge < -0.3 is 0 Å². The molecule has 4 atom stereocenters. The molecule has 2 aliphatic carbocycles. The molecule has 0 N–H and O–H groups in total. The van der Waals surface area contributed by atoms with Gasteiger partial charge in [-0.15, -0.1) is 0 Å². The van der Waals surface area contributed by atoms with Crippen LogP contribution in [0.4, 0.5) is 0 Å². The number of aromatic nitrogens is 1. The monoisotopic (exact) mass is 229 g/mol. The van der Waals surface area contributed by atoms with Gasteiger partial charge in [0.1, 0.15) is 7.05 Å². The average Bonchev–Trinajstić information content (AvgIpc) is 2.74. The van der Waals surface area contributed by atoms with Gasteiger partial charge in [-0.2, -0.15) is 0 Å². The number of fused-ring (bicyclic) bond motifs is 5. The quantitative estimate of drug-likeness (QED) is 0.563. The normalized spacial score (nSPS) is 41.6. The summed E-state index contributed by atoms with van der Waals surface area (Å²) >= 11 is 0. The molecule has 2 heteroatoms. The molecule has 17 heavy (non-hydrogen) atoms. The maximum Gasteiger partial charge on any atom is 0.168 e. The van der Waals surface area contributed by atoms with Crippen LogP contribution in [0.5, 0.6) is 0 Å². The number of piperidine rings is 1. The van der Waals surface area contributed by atoms with Crippen LogP contribution in [0.1, 0.15) is 24.8 Å². The fraction of sp³-hybridized carbons (Fsp3) is 0.667. The van der Waals surface area contributed by atoms with Gasteiger partial charge in [0, 0.05) is 30.8 Å². The molecule has 90 valence electrons. The van der Waals surface area contributed by atoms with E-state index in [0.717, 1.165) is 23.9 Å². The van der Waals surface area contributed by atoms with Gasteiger partial charge in [-0.3, -0.25) is 4.90 Å². The summed E-state index contributed by atoms with van der Waals surface area (Å²) in [6.45, 7) is 1.29. The van der Waals surface area contributed by atoms with Crippen molar-refractivity contribution in [3.8, 4) is 0 Å². The van der Waals surface area contributed by atoms with Gasteiger partial charge in [-0.05, 0) is 43.1 Å². The Labute approximate surface area is 103 Å². The van der Waals surface area contributed by atoms with E-state index in [-0.39, 0.29) is 0 Å². The number of pyridine rings is 1. The van der Waals surface area contributed by atoms with Gasteiger partial charge in [0.2, 0.25) is 0 Å². The van der Waals surface area contributed by atoms with Gasteiger partial charge in [0.25, 0.3) is 0 Å². The second-order valence-electron chi connectivity index (χ2n) is 6.17. The molecule has 1 saturated heterocycles. The molecule has 1 aromatic heterocycles. The molecule has 3 fully saturated rings. The largest absolute Gasteiger partial charge is 0.293 e. The zero-order valence-electron chi connectivity index (χ0n) is 10.5. The van der Waals surface area contributed by atoms with Crippen LogP contribution in [0.25, 0.3) is 0 Å². The van der Waals surface area contributed by atoms with Crippen LogP contribution in [0, 0.1) is 11.8 Å². The van der Waals surface area contributed by atoms with E-state index in [1.54, 1.807) is 6.42 Å². The van der Waals surface area contributed by atoms with E-state index >= 15 is 0 Å². The summed E-state index contributed by atoms with van der Waals surface area (Å²) in [5.41, 5.74) is 1.49. The van der Waals surface area contributed by atoms with Crippen LogP contribution in [-0.2, 0) is 13.5 Å². The topological polar surface area (TPSA) is 6.89 Å². The molecule has 0 aromatic carbocycles. The summed E-state index contributed by atoms with van der Waals surface area (Å²) in [7, 11) is 2.08. The van der Waals surface area contributed by atoms with Crippen molar-refractivity contribution in [3.05, 3.63) is 30.1 Å². The van der Waals surface area contributed by atoms with E-state index in [0.29, 0.717) is 0 Å². The number of hydrogen-bond donors (Lipinski definition) is 0. The molecular formula is C15H21N2+. The molecule has 0 radical (unpaired) electrons. The molecule has 2 nitrogen and oxygen atoms in total. The summed E-state index contributed by atoms with van der Waals surface area (Å²) in [5, 5.41) is 0. The molecule has 2 saturated carbocycles. The van der Waals surface area contributed by atoms with Crippen molar-refractivity contribution in [2.45, 2.75) is 37.8 Å². The predicted octanol–water partition coefficient (Wildman–Crippen LogP) is 1.54. The lowest BCUT2D eigenvalue weighted by Gasteiger charge is -2.11. The highest BCUT2D eigenvalue weighted by molar-refractivity contribution is 5.19. The Kier molecular flexibility index (Phi) is 2.10. The van der Waals surface area contributed by atoms with Gasteiger partial charge in [-0.1, -0.05) is 0 Å². The lowest BCUT2D eigenvalue weighted by atomic mass is 10.0. The second kappa shape index (κ2) is 3.55. The summed E-state index contributed by atoms with van der Waals surface area (Å²) < 4.78 is 2.11. The Balaban J connectivity index is 1.37. The predicted molar refractivity (Wildman–Crippen MR) is 66.4 cm³/mol. The average molecular weight is 229 g/mol. The molecule has 1 aromatic rings. The molecule has 2 heterocycles. The number of aryl methyl sites for hydroxylation is 1. The van der Waals surface area contributed by atoms with Crippen LogP contribution >= 0.6 is 0 Å². The minimum absolute atomic E-state index is 0.994. The van der Waals surface area contributed by atoms with E-state index in [1.165, 1.54) is 31.4 Å². The van der Waals surface area contributed by atoms with Crippen LogP contribution < -0.4 is 4.57 Å².